The number of amides is 1. The molecule has 0 bridgehead atoms. The van der Waals surface area contributed by atoms with Crippen molar-refractivity contribution in [2.24, 2.45) is 4.99 Å². The predicted molar refractivity (Wildman–Crippen MR) is 155 cm³/mol. The molecule has 0 saturated carbocycles. The Morgan fingerprint density at radius 3 is 2.71 bits per heavy atom. The normalized spacial score (nSPS) is 14.7. The third-order valence-corrected chi connectivity index (χ3v) is 6.27. The van der Waals surface area contributed by atoms with E-state index in [1.165, 1.54) is 5.56 Å². The number of benzene rings is 1. The summed E-state index contributed by atoms with van der Waals surface area (Å²) in [4.78, 5) is 17.3. The maximum absolute atomic E-state index is 12.5. The molecule has 1 aromatic carbocycles. The first kappa shape index (κ1) is 29.0. The van der Waals surface area contributed by atoms with Crippen LogP contribution in [0.25, 0.3) is 5.70 Å². The fourth-order valence-electron chi connectivity index (χ4n) is 4.15. The maximum atomic E-state index is 12.5. The van der Waals surface area contributed by atoms with Gasteiger partial charge in [-0.15, -0.1) is 12.3 Å². The van der Waals surface area contributed by atoms with Crippen LogP contribution in [0.1, 0.15) is 81.3 Å². The van der Waals surface area contributed by atoms with E-state index in [0.29, 0.717) is 12.1 Å². The van der Waals surface area contributed by atoms with Gasteiger partial charge >= 0.3 is 0 Å². The van der Waals surface area contributed by atoms with Crippen molar-refractivity contribution in [1.29, 1.82) is 0 Å². The number of carbonyl (C=O) groups is 1. The molecule has 1 aliphatic rings. The molecule has 1 amide bonds. The van der Waals surface area contributed by atoms with E-state index in [9.17, 15) is 4.79 Å². The highest BCUT2D eigenvalue weighted by molar-refractivity contribution is 5.95. The first-order chi connectivity index (χ1) is 18.1. The van der Waals surface area contributed by atoms with E-state index in [1.807, 2.05) is 32.9 Å². The molecule has 2 N–H and O–H groups in total. The van der Waals surface area contributed by atoms with Crippen molar-refractivity contribution < 1.29 is 13.9 Å². The second-order valence-corrected chi connectivity index (χ2v) is 10.7. The maximum Gasteiger partial charge on any atom is 0.287 e. The molecular formula is C32H41N3O3. The van der Waals surface area contributed by atoms with Crippen molar-refractivity contribution in [3.05, 3.63) is 95.8 Å². The van der Waals surface area contributed by atoms with Crippen molar-refractivity contribution in [1.82, 2.24) is 10.6 Å². The SMILES string of the molecule is C=C=C(CNC(=O)c1ccc(C(C)(C)C)o1)NC1=NC(c2cccc(CC[C@@H](C)OC(C)CC=C)c2)=CC1. The quantitative estimate of drug-likeness (QED) is 0.243. The molecule has 6 heteroatoms. The van der Waals surface area contributed by atoms with Crippen LogP contribution in [0, 0.1) is 0 Å². The van der Waals surface area contributed by atoms with Gasteiger partial charge in [-0.2, -0.15) is 0 Å². The Kier molecular flexibility index (Phi) is 10.1. The van der Waals surface area contributed by atoms with Crippen molar-refractivity contribution in [3.63, 3.8) is 0 Å². The van der Waals surface area contributed by atoms with Crippen LogP contribution < -0.4 is 10.6 Å². The van der Waals surface area contributed by atoms with Gasteiger partial charge in [-0.3, -0.25) is 4.79 Å². The molecule has 0 saturated heterocycles. The third kappa shape index (κ3) is 8.47. The van der Waals surface area contributed by atoms with Gasteiger partial charge in [0.05, 0.1) is 30.1 Å². The van der Waals surface area contributed by atoms with Crippen LogP contribution in [0.4, 0.5) is 0 Å². The number of carbonyl (C=O) groups excluding carboxylic acids is 1. The molecule has 2 atom stereocenters. The molecule has 0 spiro atoms. The second kappa shape index (κ2) is 13.3. The van der Waals surface area contributed by atoms with E-state index >= 15 is 0 Å². The Hall–Kier alpha value is -3.60. The van der Waals surface area contributed by atoms with Crippen LogP contribution in [-0.4, -0.2) is 30.5 Å². The van der Waals surface area contributed by atoms with Crippen LogP contribution in [-0.2, 0) is 16.6 Å². The van der Waals surface area contributed by atoms with Gasteiger partial charge in [0.25, 0.3) is 5.91 Å². The van der Waals surface area contributed by atoms with E-state index in [-0.39, 0.29) is 35.8 Å². The molecule has 0 radical (unpaired) electrons. The average molecular weight is 516 g/mol. The Labute approximate surface area is 227 Å². The molecule has 3 rings (SSSR count). The fourth-order valence-corrected chi connectivity index (χ4v) is 4.15. The fraction of sp³-hybridized carbons (Fsp3) is 0.406. The van der Waals surface area contributed by atoms with Gasteiger partial charge in [-0.05, 0) is 56.9 Å². The third-order valence-electron chi connectivity index (χ3n) is 6.27. The van der Waals surface area contributed by atoms with Crippen LogP contribution in [0.15, 0.2) is 82.5 Å². The molecule has 0 aliphatic carbocycles. The molecule has 1 aromatic heterocycles. The van der Waals surface area contributed by atoms with E-state index in [4.69, 9.17) is 14.1 Å². The van der Waals surface area contributed by atoms with Crippen LogP contribution in [0.3, 0.4) is 0 Å². The number of ether oxygens (including phenoxy) is 1. The van der Waals surface area contributed by atoms with E-state index in [2.05, 4.69) is 73.7 Å². The van der Waals surface area contributed by atoms with Crippen molar-refractivity contribution in [3.8, 4) is 0 Å². The zero-order valence-electron chi connectivity index (χ0n) is 23.4. The largest absolute Gasteiger partial charge is 0.455 e. The highest BCUT2D eigenvalue weighted by Gasteiger charge is 2.21. The van der Waals surface area contributed by atoms with Gasteiger partial charge < -0.3 is 19.8 Å². The molecule has 38 heavy (non-hydrogen) atoms. The van der Waals surface area contributed by atoms with Crippen LogP contribution in [0.5, 0.6) is 0 Å². The summed E-state index contributed by atoms with van der Waals surface area (Å²) in [5.74, 6) is 1.56. The topological polar surface area (TPSA) is 75.9 Å². The van der Waals surface area contributed by atoms with Crippen LogP contribution >= 0.6 is 0 Å². The lowest BCUT2D eigenvalue weighted by molar-refractivity contribution is 0.00629. The summed E-state index contributed by atoms with van der Waals surface area (Å²) in [7, 11) is 0. The van der Waals surface area contributed by atoms with Crippen molar-refractivity contribution in [2.75, 3.05) is 6.54 Å². The number of nitrogens with zero attached hydrogens (tertiary/aromatic N) is 1. The molecule has 1 unspecified atom stereocenters. The molecule has 0 fully saturated rings. The van der Waals surface area contributed by atoms with Gasteiger partial charge in [0.1, 0.15) is 11.6 Å². The first-order valence-electron chi connectivity index (χ1n) is 13.3. The van der Waals surface area contributed by atoms with Gasteiger partial charge in [-0.25, -0.2) is 4.99 Å². The summed E-state index contributed by atoms with van der Waals surface area (Å²) in [5, 5.41) is 6.12. The summed E-state index contributed by atoms with van der Waals surface area (Å²) in [6, 6.07) is 12.0. The van der Waals surface area contributed by atoms with Gasteiger partial charge in [0, 0.05) is 17.4 Å². The Bertz CT molecular complexity index is 1240. The van der Waals surface area contributed by atoms with Crippen molar-refractivity contribution in [2.45, 2.75) is 77.9 Å². The molecule has 202 valence electrons. The summed E-state index contributed by atoms with van der Waals surface area (Å²) in [6.45, 7) is 18.1. The number of aryl methyl sites for hydroxylation is 1. The van der Waals surface area contributed by atoms with Gasteiger partial charge in [0.15, 0.2) is 5.76 Å². The molecule has 1 aliphatic heterocycles. The zero-order chi connectivity index (χ0) is 27.7. The first-order valence-corrected chi connectivity index (χ1v) is 13.3. The smallest absolute Gasteiger partial charge is 0.287 e. The standard InChI is InChI=1S/C32H41N3O3/c1-8-11-22(3)37-23(4)14-15-24-12-10-13-25(20-24)27-16-19-30(35-27)34-26(9-2)21-33-31(36)28-17-18-29(38-28)32(5,6)7/h8,10,12-13,16-18,20,22-23H,1-2,11,14-15,19,21H2,3-7H3,(H,33,36)(H,34,35)/t22?,23-/m1/s1. The molecular weight excluding hydrogens is 474 g/mol. The molecule has 2 heterocycles. The minimum atomic E-state index is -0.283. The highest BCUT2D eigenvalue weighted by Crippen LogP contribution is 2.25. The zero-order valence-corrected chi connectivity index (χ0v) is 23.4. The van der Waals surface area contributed by atoms with E-state index in [1.54, 1.807) is 6.07 Å². The summed E-state index contributed by atoms with van der Waals surface area (Å²) in [5.41, 5.74) is 6.62. The lowest BCUT2D eigenvalue weighted by Crippen LogP contribution is -2.32. The minimum absolute atomic E-state index is 0.159. The Morgan fingerprint density at radius 1 is 1.24 bits per heavy atom. The van der Waals surface area contributed by atoms with Gasteiger partial charge in [0.2, 0.25) is 0 Å². The molecule has 2 aromatic rings. The number of furan rings is 1. The second-order valence-electron chi connectivity index (χ2n) is 10.7. The Balaban J connectivity index is 1.52. The lowest BCUT2D eigenvalue weighted by atomic mass is 9.94. The number of hydrogen-bond acceptors (Lipinski definition) is 5. The Morgan fingerprint density at radius 2 is 2.03 bits per heavy atom. The number of aliphatic imine (C=N–C) groups is 1. The number of nitrogens with one attached hydrogen (secondary N) is 2. The predicted octanol–water partition coefficient (Wildman–Crippen LogP) is 6.71. The number of rotatable bonds is 12. The highest BCUT2D eigenvalue weighted by atomic mass is 16.5. The van der Waals surface area contributed by atoms with Crippen molar-refractivity contribution >= 4 is 17.4 Å². The minimum Gasteiger partial charge on any atom is -0.455 e. The van der Waals surface area contributed by atoms with E-state index < -0.39 is 0 Å². The lowest BCUT2D eigenvalue weighted by Gasteiger charge is -2.18. The number of amidine groups is 1. The van der Waals surface area contributed by atoms with E-state index in [0.717, 1.165) is 42.1 Å². The molecule has 6 nitrogen and oxygen atoms in total. The summed E-state index contributed by atoms with van der Waals surface area (Å²) < 4.78 is 11.7. The average Bonchev–Trinajstić information content (AvgIpc) is 3.56. The summed E-state index contributed by atoms with van der Waals surface area (Å²) >= 11 is 0. The van der Waals surface area contributed by atoms with Crippen LogP contribution in [0.2, 0.25) is 0 Å². The summed E-state index contributed by atoms with van der Waals surface area (Å²) in [6.07, 6.45) is 7.78. The number of hydrogen-bond donors (Lipinski definition) is 2. The monoisotopic (exact) mass is 515 g/mol. The van der Waals surface area contributed by atoms with Gasteiger partial charge in [-0.1, -0.05) is 57.7 Å².